The molecule has 1 unspecified atom stereocenters. The van der Waals surface area contributed by atoms with E-state index in [9.17, 15) is 4.79 Å². The number of carbonyl (C=O) groups is 1. The molecule has 1 amide bonds. The van der Waals surface area contributed by atoms with Crippen molar-refractivity contribution in [1.82, 2.24) is 4.98 Å². The lowest BCUT2D eigenvalue weighted by Gasteiger charge is -2.12. The van der Waals surface area contributed by atoms with Gasteiger partial charge in [0.15, 0.2) is 0 Å². The smallest absolute Gasteiger partial charge is 0.248 e. The van der Waals surface area contributed by atoms with E-state index >= 15 is 0 Å². The Hall–Kier alpha value is -3.32. The van der Waals surface area contributed by atoms with Gasteiger partial charge in [-0.1, -0.05) is 12.1 Å². The van der Waals surface area contributed by atoms with Gasteiger partial charge in [0.25, 0.3) is 0 Å². The summed E-state index contributed by atoms with van der Waals surface area (Å²) in [5, 5.41) is 5.92. The zero-order chi connectivity index (χ0) is 22.5. The highest BCUT2D eigenvalue weighted by atomic mass is 32.1. The molecule has 0 aliphatic carbocycles. The molecule has 0 saturated carbocycles. The molecule has 0 spiro atoms. The molecule has 0 radical (unpaired) electrons. The van der Waals surface area contributed by atoms with Gasteiger partial charge in [-0.2, -0.15) is 0 Å². The zero-order valence-corrected chi connectivity index (χ0v) is 19.2. The fourth-order valence-electron chi connectivity index (χ4n) is 3.47. The number of aromatic nitrogens is 1. The van der Waals surface area contributed by atoms with Gasteiger partial charge in [0.05, 0.1) is 23.0 Å². The highest BCUT2D eigenvalue weighted by Crippen LogP contribution is 2.38. The number of amides is 1. The van der Waals surface area contributed by atoms with Crippen molar-refractivity contribution in [3.63, 3.8) is 0 Å². The van der Waals surface area contributed by atoms with Gasteiger partial charge < -0.3 is 19.5 Å². The average molecular weight is 451 g/mol. The van der Waals surface area contributed by atoms with Crippen LogP contribution in [0.5, 0.6) is 17.2 Å². The highest BCUT2D eigenvalue weighted by Gasteiger charge is 2.22. The van der Waals surface area contributed by atoms with Crippen molar-refractivity contribution < 1.29 is 19.0 Å². The van der Waals surface area contributed by atoms with E-state index in [1.54, 1.807) is 17.4 Å². The number of nitrogens with zero attached hydrogens (tertiary/aromatic N) is 1. The Morgan fingerprint density at radius 1 is 1.28 bits per heavy atom. The molecule has 0 bridgehead atoms. The van der Waals surface area contributed by atoms with Gasteiger partial charge in [-0.25, -0.2) is 4.98 Å². The minimum atomic E-state index is -0.240. The van der Waals surface area contributed by atoms with Gasteiger partial charge in [0.1, 0.15) is 30.0 Å². The molecule has 1 atom stereocenters. The molecule has 1 N–H and O–H groups in total. The van der Waals surface area contributed by atoms with Gasteiger partial charge in [0, 0.05) is 29.5 Å². The summed E-state index contributed by atoms with van der Waals surface area (Å²) in [7, 11) is 0. The van der Waals surface area contributed by atoms with E-state index in [4.69, 9.17) is 14.2 Å². The van der Waals surface area contributed by atoms with Crippen LogP contribution in [0.25, 0.3) is 6.08 Å². The Bertz CT molecular complexity index is 1120. The normalized spacial score (nSPS) is 14.8. The summed E-state index contributed by atoms with van der Waals surface area (Å²) >= 11 is 1.61. The van der Waals surface area contributed by atoms with E-state index in [0.29, 0.717) is 24.7 Å². The lowest BCUT2D eigenvalue weighted by Crippen LogP contribution is -2.10. The summed E-state index contributed by atoms with van der Waals surface area (Å²) in [5.74, 6) is 1.97. The van der Waals surface area contributed by atoms with Crippen LogP contribution in [0, 0.1) is 6.92 Å². The number of aryl methyl sites for hydroxylation is 1. The van der Waals surface area contributed by atoms with E-state index in [1.165, 1.54) is 6.08 Å². The lowest BCUT2D eigenvalue weighted by atomic mass is 10.1. The molecular formula is C25H26N2O4S. The molecule has 3 aromatic rings. The van der Waals surface area contributed by atoms with Crippen LogP contribution < -0.4 is 19.5 Å². The number of hydrogen-bond acceptors (Lipinski definition) is 6. The minimum Gasteiger partial charge on any atom is -0.492 e. The number of carbonyl (C=O) groups excluding carboxylic acids is 1. The van der Waals surface area contributed by atoms with Gasteiger partial charge in [-0.05, 0) is 50.6 Å². The van der Waals surface area contributed by atoms with Gasteiger partial charge in [-0.15, -0.1) is 11.3 Å². The van der Waals surface area contributed by atoms with Crippen molar-refractivity contribution in [2.24, 2.45) is 0 Å². The van der Waals surface area contributed by atoms with Crippen LogP contribution >= 0.6 is 11.3 Å². The fourth-order valence-corrected chi connectivity index (χ4v) is 4.06. The highest BCUT2D eigenvalue weighted by molar-refractivity contribution is 7.09. The van der Waals surface area contributed by atoms with E-state index in [0.717, 1.165) is 39.7 Å². The van der Waals surface area contributed by atoms with Gasteiger partial charge >= 0.3 is 0 Å². The summed E-state index contributed by atoms with van der Waals surface area (Å²) in [6, 6.07) is 11.4. The Kier molecular flexibility index (Phi) is 6.75. The number of fused-ring (bicyclic) bond motifs is 1. The monoisotopic (exact) mass is 450 g/mol. The molecule has 2 heterocycles. The van der Waals surface area contributed by atoms with E-state index in [-0.39, 0.29) is 12.0 Å². The molecule has 1 aliphatic rings. The van der Waals surface area contributed by atoms with Gasteiger partial charge in [-0.3, -0.25) is 4.79 Å². The van der Waals surface area contributed by atoms with Crippen LogP contribution in [0.1, 0.15) is 35.7 Å². The number of nitrogens with one attached hydrogen (secondary N) is 1. The maximum Gasteiger partial charge on any atom is 0.248 e. The molecule has 1 aliphatic heterocycles. The molecule has 4 rings (SSSR count). The molecule has 166 valence electrons. The maximum absolute atomic E-state index is 12.5. The number of ether oxygens (including phenoxy) is 3. The Morgan fingerprint density at radius 3 is 2.81 bits per heavy atom. The van der Waals surface area contributed by atoms with Crippen molar-refractivity contribution in [1.29, 1.82) is 0 Å². The second-order valence-corrected chi connectivity index (χ2v) is 8.62. The van der Waals surface area contributed by atoms with Crippen molar-refractivity contribution in [3.8, 4) is 17.2 Å². The number of benzene rings is 2. The van der Waals surface area contributed by atoms with Crippen LogP contribution in [0.2, 0.25) is 0 Å². The van der Waals surface area contributed by atoms with Crippen LogP contribution in [-0.2, 0) is 17.8 Å². The Balaban J connectivity index is 1.36. The molecular weight excluding hydrogens is 424 g/mol. The van der Waals surface area contributed by atoms with E-state index in [2.05, 4.69) is 10.3 Å². The summed E-state index contributed by atoms with van der Waals surface area (Å²) < 4.78 is 17.3. The molecule has 32 heavy (non-hydrogen) atoms. The SMILES string of the molecule is CCOc1cc2c(cc1NC(=O)/C=C/c1ccc(OCc3csc(C)n3)cc1)OC(C)C2. The predicted octanol–water partition coefficient (Wildman–Crippen LogP) is 5.40. The molecule has 2 aromatic carbocycles. The van der Waals surface area contributed by atoms with E-state index in [1.807, 2.05) is 62.5 Å². The zero-order valence-electron chi connectivity index (χ0n) is 18.4. The number of rotatable bonds is 8. The van der Waals surface area contributed by atoms with E-state index < -0.39 is 0 Å². The molecule has 1 aromatic heterocycles. The molecule has 0 saturated heterocycles. The quantitative estimate of drug-likeness (QED) is 0.465. The lowest BCUT2D eigenvalue weighted by molar-refractivity contribution is -0.111. The number of hydrogen-bond donors (Lipinski definition) is 1. The molecule has 6 nitrogen and oxygen atoms in total. The summed E-state index contributed by atoms with van der Waals surface area (Å²) in [4.78, 5) is 16.9. The summed E-state index contributed by atoms with van der Waals surface area (Å²) in [6.07, 6.45) is 4.23. The Morgan fingerprint density at radius 2 is 2.09 bits per heavy atom. The maximum atomic E-state index is 12.5. The van der Waals surface area contributed by atoms with Crippen LogP contribution in [0.3, 0.4) is 0 Å². The first-order valence-corrected chi connectivity index (χ1v) is 11.5. The predicted molar refractivity (Wildman–Crippen MR) is 127 cm³/mol. The second kappa shape index (κ2) is 9.87. The Labute approximate surface area is 191 Å². The standard InChI is InChI=1S/C25H26N2O4S/c1-4-29-24-12-19-11-16(2)31-23(19)13-22(24)27-25(28)10-7-18-5-8-21(9-6-18)30-14-20-15-32-17(3)26-20/h5-10,12-13,15-16H,4,11,14H2,1-3H3,(H,27,28)/b10-7+. The second-order valence-electron chi connectivity index (χ2n) is 7.56. The third kappa shape index (κ3) is 5.48. The molecule has 0 fully saturated rings. The third-order valence-corrected chi connectivity index (χ3v) is 5.74. The fraction of sp³-hybridized carbons (Fsp3) is 0.280. The first kappa shape index (κ1) is 21.9. The van der Waals surface area contributed by atoms with Crippen molar-refractivity contribution >= 4 is 29.0 Å². The molecule has 7 heteroatoms. The van der Waals surface area contributed by atoms with Crippen LogP contribution in [0.4, 0.5) is 5.69 Å². The number of thiazole rings is 1. The van der Waals surface area contributed by atoms with Crippen LogP contribution in [0.15, 0.2) is 47.9 Å². The topological polar surface area (TPSA) is 69.7 Å². The van der Waals surface area contributed by atoms with Gasteiger partial charge in [0.2, 0.25) is 5.91 Å². The van der Waals surface area contributed by atoms with Crippen LogP contribution in [-0.4, -0.2) is 23.6 Å². The minimum absolute atomic E-state index is 0.128. The van der Waals surface area contributed by atoms with Crippen molar-refractivity contribution in [2.45, 2.75) is 39.9 Å². The first-order valence-electron chi connectivity index (χ1n) is 10.6. The first-order chi connectivity index (χ1) is 15.5. The number of anilines is 1. The average Bonchev–Trinajstić information content (AvgIpc) is 3.35. The summed E-state index contributed by atoms with van der Waals surface area (Å²) in [6.45, 7) is 6.88. The summed E-state index contributed by atoms with van der Waals surface area (Å²) in [5.41, 5.74) is 3.52. The largest absolute Gasteiger partial charge is 0.492 e. The third-order valence-electron chi connectivity index (χ3n) is 4.92. The van der Waals surface area contributed by atoms with Crippen molar-refractivity contribution in [2.75, 3.05) is 11.9 Å². The van der Waals surface area contributed by atoms with Crippen molar-refractivity contribution in [3.05, 3.63) is 69.7 Å².